The van der Waals surface area contributed by atoms with Crippen LogP contribution in [0.2, 0.25) is 0 Å². The number of fused-ring (bicyclic) bond motifs is 1. The standard InChI is InChI=1S/C15H20N2S/c1-11-4-2-3-5-13(11)16-9-12-6-7-15-14(8-12)17-10-18-15/h6-8,10-11,13,16H,2-5,9H2,1H3. The fourth-order valence-corrected chi connectivity index (χ4v) is 3.54. The van der Waals surface area contributed by atoms with Gasteiger partial charge in [0.2, 0.25) is 0 Å². The molecule has 96 valence electrons. The number of rotatable bonds is 3. The van der Waals surface area contributed by atoms with Gasteiger partial charge in [-0.3, -0.25) is 0 Å². The average molecular weight is 260 g/mol. The van der Waals surface area contributed by atoms with Crippen LogP contribution in [0, 0.1) is 5.92 Å². The lowest BCUT2D eigenvalue weighted by Crippen LogP contribution is -2.36. The molecule has 1 aliphatic rings. The highest BCUT2D eigenvalue weighted by atomic mass is 32.1. The minimum atomic E-state index is 0.699. The van der Waals surface area contributed by atoms with Crippen LogP contribution in [0.5, 0.6) is 0 Å². The third-order valence-corrected chi connectivity index (χ3v) is 4.88. The first-order chi connectivity index (χ1) is 8.83. The highest BCUT2D eigenvalue weighted by Crippen LogP contribution is 2.24. The second-order valence-corrected chi connectivity index (χ2v) is 6.29. The van der Waals surface area contributed by atoms with Crippen molar-refractivity contribution in [3.8, 4) is 0 Å². The number of aromatic nitrogens is 1. The molecule has 1 fully saturated rings. The largest absolute Gasteiger partial charge is 0.310 e. The van der Waals surface area contributed by atoms with E-state index in [1.165, 1.54) is 35.9 Å². The Balaban J connectivity index is 1.65. The summed E-state index contributed by atoms with van der Waals surface area (Å²) in [5.41, 5.74) is 4.41. The Bertz CT molecular complexity index is 520. The van der Waals surface area contributed by atoms with Crippen molar-refractivity contribution < 1.29 is 0 Å². The van der Waals surface area contributed by atoms with Crippen molar-refractivity contribution in [2.45, 2.75) is 45.2 Å². The molecule has 2 unspecified atom stereocenters. The van der Waals surface area contributed by atoms with Gasteiger partial charge in [0, 0.05) is 12.6 Å². The molecule has 1 heterocycles. The zero-order chi connectivity index (χ0) is 12.4. The van der Waals surface area contributed by atoms with Crippen LogP contribution in [0.1, 0.15) is 38.2 Å². The molecular weight excluding hydrogens is 240 g/mol. The summed E-state index contributed by atoms with van der Waals surface area (Å²) >= 11 is 1.71. The molecule has 1 aromatic heterocycles. The second-order valence-electron chi connectivity index (χ2n) is 5.40. The number of nitrogens with one attached hydrogen (secondary N) is 1. The van der Waals surface area contributed by atoms with Gasteiger partial charge in [-0.25, -0.2) is 4.98 Å². The molecule has 0 saturated heterocycles. The maximum absolute atomic E-state index is 4.38. The Morgan fingerprint density at radius 2 is 2.22 bits per heavy atom. The molecule has 0 bridgehead atoms. The normalized spacial score (nSPS) is 24.5. The van der Waals surface area contributed by atoms with Crippen LogP contribution in [-0.4, -0.2) is 11.0 Å². The van der Waals surface area contributed by atoms with Gasteiger partial charge >= 0.3 is 0 Å². The molecule has 1 aromatic carbocycles. The molecule has 2 nitrogen and oxygen atoms in total. The molecule has 0 radical (unpaired) electrons. The quantitative estimate of drug-likeness (QED) is 0.903. The van der Waals surface area contributed by atoms with Crippen LogP contribution >= 0.6 is 11.3 Å². The van der Waals surface area contributed by atoms with Crippen molar-refractivity contribution in [2.75, 3.05) is 0 Å². The summed E-state index contributed by atoms with van der Waals surface area (Å²) in [5, 5.41) is 3.72. The third kappa shape index (κ3) is 2.57. The van der Waals surface area contributed by atoms with Crippen molar-refractivity contribution in [1.82, 2.24) is 10.3 Å². The maximum Gasteiger partial charge on any atom is 0.0815 e. The fourth-order valence-electron chi connectivity index (χ4n) is 2.88. The van der Waals surface area contributed by atoms with E-state index in [9.17, 15) is 0 Å². The number of benzene rings is 1. The summed E-state index contributed by atoms with van der Waals surface area (Å²) in [6.45, 7) is 3.35. The van der Waals surface area contributed by atoms with E-state index in [0.717, 1.165) is 18.0 Å². The number of hydrogen-bond acceptors (Lipinski definition) is 3. The molecule has 1 aliphatic carbocycles. The van der Waals surface area contributed by atoms with Crippen molar-refractivity contribution >= 4 is 21.6 Å². The van der Waals surface area contributed by atoms with Crippen LogP contribution in [0.15, 0.2) is 23.7 Å². The van der Waals surface area contributed by atoms with Gasteiger partial charge < -0.3 is 5.32 Å². The van der Waals surface area contributed by atoms with E-state index in [0.29, 0.717) is 6.04 Å². The van der Waals surface area contributed by atoms with E-state index in [2.05, 4.69) is 35.4 Å². The molecule has 2 aromatic rings. The highest BCUT2D eigenvalue weighted by molar-refractivity contribution is 7.16. The van der Waals surface area contributed by atoms with E-state index >= 15 is 0 Å². The zero-order valence-electron chi connectivity index (χ0n) is 10.9. The van der Waals surface area contributed by atoms with Crippen LogP contribution in [0.3, 0.4) is 0 Å². The first kappa shape index (κ1) is 12.1. The fraction of sp³-hybridized carbons (Fsp3) is 0.533. The van der Waals surface area contributed by atoms with Gasteiger partial charge in [0.25, 0.3) is 0 Å². The maximum atomic E-state index is 4.38. The molecular formula is C15H20N2S. The van der Waals surface area contributed by atoms with Crippen molar-refractivity contribution in [3.05, 3.63) is 29.3 Å². The van der Waals surface area contributed by atoms with Crippen molar-refractivity contribution in [3.63, 3.8) is 0 Å². The lowest BCUT2D eigenvalue weighted by atomic mass is 9.86. The minimum absolute atomic E-state index is 0.699. The first-order valence-corrected chi connectivity index (χ1v) is 7.76. The monoisotopic (exact) mass is 260 g/mol. The molecule has 0 aliphatic heterocycles. The Labute approximate surface area is 112 Å². The van der Waals surface area contributed by atoms with Crippen LogP contribution in [0.4, 0.5) is 0 Å². The average Bonchev–Trinajstić information content (AvgIpc) is 2.85. The van der Waals surface area contributed by atoms with Gasteiger partial charge in [0.15, 0.2) is 0 Å². The molecule has 18 heavy (non-hydrogen) atoms. The smallest absolute Gasteiger partial charge is 0.0815 e. The zero-order valence-corrected chi connectivity index (χ0v) is 11.7. The van der Waals surface area contributed by atoms with Gasteiger partial charge in [-0.05, 0) is 36.5 Å². The molecule has 1 saturated carbocycles. The number of hydrogen-bond donors (Lipinski definition) is 1. The molecule has 1 N–H and O–H groups in total. The summed E-state index contributed by atoms with van der Waals surface area (Å²) in [6.07, 6.45) is 5.50. The summed E-state index contributed by atoms with van der Waals surface area (Å²) in [6, 6.07) is 7.33. The third-order valence-electron chi connectivity index (χ3n) is 4.07. The van der Waals surface area contributed by atoms with Gasteiger partial charge in [-0.2, -0.15) is 0 Å². The van der Waals surface area contributed by atoms with Crippen molar-refractivity contribution in [1.29, 1.82) is 0 Å². The van der Waals surface area contributed by atoms with Gasteiger partial charge in [-0.15, -0.1) is 11.3 Å². The molecule has 0 amide bonds. The van der Waals surface area contributed by atoms with Crippen LogP contribution in [-0.2, 0) is 6.54 Å². The summed E-state index contributed by atoms with van der Waals surface area (Å²) < 4.78 is 1.28. The van der Waals surface area contributed by atoms with E-state index < -0.39 is 0 Å². The van der Waals surface area contributed by atoms with Gasteiger partial charge in [0.05, 0.1) is 15.7 Å². The Kier molecular flexibility index (Phi) is 3.62. The Hall–Kier alpha value is -0.930. The molecule has 3 heteroatoms. The first-order valence-electron chi connectivity index (χ1n) is 6.88. The summed E-state index contributed by atoms with van der Waals surface area (Å²) in [7, 11) is 0. The highest BCUT2D eigenvalue weighted by Gasteiger charge is 2.20. The topological polar surface area (TPSA) is 24.9 Å². The minimum Gasteiger partial charge on any atom is -0.310 e. The Morgan fingerprint density at radius 3 is 3.11 bits per heavy atom. The lowest BCUT2D eigenvalue weighted by Gasteiger charge is -2.29. The second kappa shape index (κ2) is 5.37. The summed E-state index contributed by atoms with van der Waals surface area (Å²) in [4.78, 5) is 4.38. The van der Waals surface area contributed by atoms with Crippen molar-refractivity contribution in [2.24, 2.45) is 5.92 Å². The number of nitrogens with zero attached hydrogens (tertiary/aromatic N) is 1. The van der Waals surface area contributed by atoms with Crippen LogP contribution in [0.25, 0.3) is 10.2 Å². The predicted octanol–water partition coefficient (Wildman–Crippen LogP) is 3.96. The lowest BCUT2D eigenvalue weighted by molar-refractivity contribution is 0.279. The molecule has 2 atom stereocenters. The van der Waals surface area contributed by atoms with Gasteiger partial charge in [0.1, 0.15) is 0 Å². The van der Waals surface area contributed by atoms with E-state index in [1.807, 2.05) is 5.51 Å². The van der Waals surface area contributed by atoms with E-state index in [-0.39, 0.29) is 0 Å². The van der Waals surface area contributed by atoms with E-state index in [4.69, 9.17) is 0 Å². The Morgan fingerprint density at radius 1 is 1.33 bits per heavy atom. The van der Waals surface area contributed by atoms with Gasteiger partial charge in [-0.1, -0.05) is 25.8 Å². The molecule has 3 rings (SSSR count). The number of thiazole rings is 1. The predicted molar refractivity (Wildman–Crippen MR) is 77.9 cm³/mol. The summed E-state index contributed by atoms with van der Waals surface area (Å²) in [5.74, 6) is 0.821. The molecule has 0 spiro atoms. The van der Waals surface area contributed by atoms with Crippen LogP contribution < -0.4 is 5.32 Å². The van der Waals surface area contributed by atoms with E-state index in [1.54, 1.807) is 11.3 Å². The SMILES string of the molecule is CC1CCCCC1NCc1ccc2scnc2c1.